The number of amides is 2. The minimum absolute atomic E-state index is 0.0321. The van der Waals surface area contributed by atoms with E-state index in [1.165, 1.54) is 18.6 Å². The van der Waals surface area contributed by atoms with E-state index >= 15 is 0 Å². The van der Waals surface area contributed by atoms with Crippen LogP contribution in [0.5, 0.6) is 0 Å². The quantitative estimate of drug-likeness (QED) is 0.733. The number of aromatic nitrogens is 2. The highest BCUT2D eigenvalue weighted by Gasteiger charge is 2.24. The molecule has 1 aliphatic heterocycles. The molecule has 0 radical (unpaired) electrons. The Morgan fingerprint density at radius 1 is 1.40 bits per heavy atom. The van der Waals surface area contributed by atoms with E-state index in [1.54, 1.807) is 4.90 Å². The van der Waals surface area contributed by atoms with Crippen LogP contribution in [0.1, 0.15) is 50.0 Å². The molecule has 2 heterocycles. The molecule has 2 amide bonds. The first-order valence-corrected chi connectivity index (χ1v) is 9.00. The minimum atomic E-state index is -0.210. The molecule has 1 saturated heterocycles. The molecule has 0 spiro atoms. The summed E-state index contributed by atoms with van der Waals surface area (Å²) in [6.07, 6.45) is 7.68. The van der Waals surface area contributed by atoms with Crippen molar-refractivity contribution in [2.24, 2.45) is 5.92 Å². The topological polar surface area (TPSA) is 84.4 Å². The molecule has 0 bridgehead atoms. The first kappa shape index (κ1) is 19.3. The van der Waals surface area contributed by atoms with Crippen molar-refractivity contribution in [3.63, 3.8) is 0 Å². The van der Waals surface area contributed by atoms with Gasteiger partial charge in [-0.15, -0.1) is 0 Å². The molecule has 7 heteroatoms. The smallest absolute Gasteiger partial charge is 0.274 e. The highest BCUT2D eigenvalue weighted by atomic mass is 16.5. The normalized spacial score (nSPS) is 16.8. The summed E-state index contributed by atoms with van der Waals surface area (Å²) in [4.78, 5) is 34.4. The van der Waals surface area contributed by atoms with Gasteiger partial charge in [0.2, 0.25) is 5.91 Å². The Morgan fingerprint density at radius 3 is 2.88 bits per heavy atom. The van der Waals surface area contributed by atoms with Crippen molar-refractivity contribution < 1.29 is 14.3 Å². The van der Waals surface area contributed by atoms with Gasteiger partial charge in [-0.3, -0.25) is 14.6 Å². The van der Waals surface area contributed by atoms with E-state index in [9.17, 15) is 9.59 Å². The van der Waals surface area contributed by atoms with Crippen LogP contribution in [0.4, 0.5) is 0 Å². The molecule has 7 nitrogen and oxygen atoms in total. The van der Waals surface area contributed by atoms with E-state index in [0.717, 1.165) is 25.9 Å². The third kappa shape index (κ3) is 6.78. The summed E-state index contributed by atoms with van der Waals surface area (Å²) in [6.45, 7) is 6.47. The molecule has 1 atom stereocenters. The van der Waals surface area contributed by atoms with E-state index in [4.69, 9.17) is 4.74 Å². The molecule has 2 rings (SSSR count). The van der Waals surface area contributed by atoms with Crippen LogP contribution < -0.4 is 5.32 Å². The van der Waals surface area contributed by atoms with Crippen LogP contribution in [0.2, 0.25) is 0 Å². The second-order valence-corrected chi connectivity index (χ2v) is 6.76. The lowest BCUT2D eigenvalue weighted by Crippen LogP contribution is -2.40. The highest BCUT2D eigenvalue weighted by molar-refractivity contribution is 5.92. The minimum Gasteiger partial charge on any atom is -0.376 e. The maximum Gasteiger partial charge on any atom is 0.274 e. The number of hydrogen-bond acceptors (Lipinski definition) is 5. The summed E-state index contributed by atoms with van der Waals surface area (Å²) in [5, 5.41) is 2.91. The van der Waals surface area contributed by atoms with Crippen LogP contribution in [-0.2, 0) is 9.53 Å². The predicted molar refractivity (Wildman–Crippen MR) is 94.0 cm³/mol. The molecular weight excluding hydrogens is 320 g/mol. The SMILES string of the molecule is CC(C)CCNC(=O)CCN(C[C@H]1CCCO1)C(=O)c1cnccn1. The van der Waals surface area contributed by atoms with E-state index < -0.39 is 0 Å². The van der Waals surface area contributed by atoms with Gasteiger partial charge < -0.3 is 15.0 Å². The van der Waals surface area contributed by atoms with Crippen LogP contribution in [0.15, 0.2) is 18.6 Å². The number of carbonyl (C=O) groups excluding carboxylic acids is 2. The van der Waals surface area contributed by atoms with Crippen molar-refractivity contribution >= 4 is 11.8 Å². The summed E-state index contributed by atoms with van der Waals surface area (Å²) in [6, 6.07) is 0. The second-order valence-electron chi connectivity index (χ2n) is 6.76. The molecule has 1 aliphatic rings. The molecule has 1 fully saturated rings. The lowest BCUT2D eigenvalue weighted by Gasteiger charge is -2.25. The van der Waals surface area contributed by atoms with Gasteiger partial charge in [-0.05, 0) is 25.2 Å². The largest absolute Gasteiger partial charge is 0.376 e. The van der Waals surface area contributed by atoms with Crippen LogP contribution in [0.3, 0.4) is 0 Å². The summed E-state index contributed by atoms with van der Waals surface area (Å²) < 4.78 is 5.64. The number of nitrogens with zero attached hydrogens (tertiary/aromatic N) is 3. The van der Waals surface area contributed by atoms with Crippen molar-refractivity contribution in [2.75, 3.05) is 26.2 Å². The van der Waals surface area contributed by atoms with Gasteiger partial charge in [0, 0.05) is 45.1 Å². The van der Waals surface area contributed by atoms with Gasteiger partial charge in [0.25, 0.3) is 5.91 Å². The van der Waals surface area contributed by atoms with Crippen molar-refractivity contribution in [1.82, 2.24) is 20.2 Å². The molecule has 25 heavy (non-hydrogen) atoms. The van der Waals surface area contributed by atoms with E-state index in [1.807, 2.05) is 0 Å². The Bertz CT molecular complexity index is 545. The Labute approximate surface area is 149 Å². The summed E-state index contributed by atoms with van der Waals surface area (Å²) in [5.74, 6) is 0.304. The van der Waals surface area contributed by atoms with Gasteiger partial charge in [0.05, 0.1) is 12.3 Å². The van der Waals surface area contributed by atoms with Gasteiger partial charge >= 0.3 is 0 Å². The first-order chi connectivity index (χ1) is 12.1. The molecule has 0 saturated carbocycles. The number of nitrogens with one attached hydrogen (secondary N) is 1. The monoisotopic (exact) mass is 348 g/mol. The molecule has 1 aromatic rings. The maximum absolute atomic E-state index is 12.7. The van der Waals surface area contributed by atoms with Crippen molar-refractivity contribution in [3.8, 4) is 0 Å². The fourth-order valence-corrected chi connectivity index (χ4v) is 2.71. The summed E-state index contributed by atoms with van der Waals surface area (Å²) >= 11 is 0. The number of rotatable bonds is 9. The maximum atomic E-state index is 12.7. The van der Waals surface area contributed by atoms with Gasteiger partial charge in [0.15, 0.2) is 0 Å². The van der Waals surface area contributed by atoms with Gasteiger partial charge in [-0.1, -0.05) is 13.8 Å². The average Bonchev–Trinajstić information content (AvgIpc) is 3.11. The molecule has 1 aromatic heterocycles. The zero-order valence-electron chi connectivity index (χ0n) is 15.1. The Balaban J connectivity index is 1.89. The molecule has 0 aliphatic carbocycles. The predicted octanol–water partition coefficient (Wildman–Crippen LogP) is 1.65. The van der Waals surface area contributed by atoms with Gasteiger partial charge in [0.1, 0.15) is 5.69 Å². The Hall–Kier alpha value is -2.02. The molecule has 0 aromatic carbocycles. The Morgan fingerprint density at radius 2 is 2.24 bits per heavy atom. The lowest BCUT2D eigenvalue weighted by molar-refractivity contribution is -0.121. The highest BCUT2D eigenvalue weighted by Crippen LogP contribution is 2.15. The van der Waals surface area contributed by atoms with E-state index in [0.29, 0.717) is 31.2 Å². The van der Waals surface area contributed by atoms with Crippen molar-refractivity contribution in [2.45, 2.75) is 45.6 Å². The van der Waals surface area contributed by atoms with Crippen molar-refractivity contribution in [1.29, 1.82) is 0 Å². The number of ether oxygens (including phenoxy) is 1. The second kappa shape index (κ2) is 10.1. The number of hydrogen-bond donors (Lipinski definition) is 1. The number of carbonyl (C=O) groups is 2. The zero-order chi connectivity index (χ0) is 18.1. The zero-order valence-corrected chi connectivity index (χ0v) is 15.1. The standard InChI is InChI=1S/C18H28N4O3/c1-14(2)5-7-21-17(23)6-10-22(13-15-4-3-11-25-15)18(24)16-12-19-8-9-20-16/h8-9,12,14-15H,3-7,10-11,13H2,1-2H3,(H,21,23)/t15-/m1/s1. The molecular formula is C18H28N4O3. The third-order valence-corrected chi connectivity index (χ3v) is 4.17. The van der Waals surface area contributed by atoms with Crippen LogP contribution >= 0.6 is 0 Å². The fourth-order valence-electron chi connectivity index (χ4n) is 2.71. The van der Waals surface area contributed by atoms with Crippen LogP contribution in [-0.4, -0.2) is 59.0 Å². The lowest BCUT2D eigenvalue weighted by atomic mass is 10.1. The first-order valence-electron chi connectivity index (χ1n) is 9.00. The summed E-state index contributed by atoms with van der Waals surface area (Å²) in [7, 11) is 0. The molecule has 138 valence electrons. The Kier molecular flexibility index (Phi) is 7.78. The van der Waals surface area contributed by atoms with E-state index in [-0.39, 0.29) is 24.3 Å². The van der Waals surface area contributed by atoms with Crippen molar-refractivity contribution in [3.05, 3.63) is 24.3 Å². The third-order valence-electron chi connectivity index (χ3n) is 4.17. The fraction of sp³-hybridized carbons (Fsp3) is 0.667. The van der Waals surface area contributed by atoms with Gasteiger partial charge in [-0.25, -0.2) is 4.98 Å². The molecule has 0 unspecified atom stereocenters. The van der Waals surface area contributed by atoms with Gasteiger partial charge in [-0.2, -0.15) is 0 Å². The molecule has 1 N–H and O–H groups in total. The summed E-state index contributed by atoms with van der Waals surface area (Å²) in [5.41, 5.74) is 0.292. The van der Waals surface area contributed by atoms with Crippen LogP contribution in [0, 0.1) is 5.92 Å². The van der Waals surface area contributed by atoms with E-state index in [2.05, 4.69) is 29.1 Å². The average molecular weight is 348 g/mol. The van der Waals surface area contributed by atoms with Crippen LogP contribution in [0.25, 0.3) is 0 Å².